The van der Waals surface area contributed by atoms with Gasteiger partial charge in [-0.05, 0) is 50.6 Å². The molecule has 0 saturated carbocycles. The topological polar surface area (TPSA) is 12.5 Å². The standard InChI is InChI=1S/C14H19Cl2NO/c1-2-17-6-3-4-13(5-7-17)18-14-9-11(15)8-12(16)10-14/h8-10,13H,2-7H2,1H3. The summed E-state index contributed by atoms with van der Waals surface area (Å²) < 4.78 is 5.99. The fourth-order valence-electron chi connectivity index (χ4n) is 2.35. The van der Waals surface area contributed by atoms with Gasteiger partial charge in [-0.3, -0.25) is 0 Å². The van der Waals surface area contributed by atoms with Gasteiger partial charge < -0.3 is 9.64 Å². The van der Waals surface area contributed by atoms with Gasteiger partial charge in [0, 0.05) is 16.6 Å². The van der Waals surface area contributed by atoms with Gasteiger partial charge in [-0.1, -0.05) is 30.1 Å². The molecule has 0 radical (unpaired) electrons. The molecule has 0 spiro atoms. The van der Waals surface area contributed by atoms with Crippen LogP contribution in [0.1, 0.15) is 26.2 Å². The lowest BCUT2D eigenvalue weighted by Crippen LogP contribution is -2.25. The van der Waals surface area contributed by atoms with E-state index in [1.165, 1.54) is 13.0 Å². The predicted octanol–water partition coefficient (Wildman–Crippen LogP) is 4.25. The van der Waals surface area contributed by atoms with Crippen LogP contribution in [0.4, 0.5) is 0 Å². The first-order valence-electron chi connectivity index (χ1n) is 6.52. The molecule has 1 aliphatic rings. The minimum Gasteiger partial charge on any atom is -0.490 e. The number of rotatable bonds is 3. The van der Waals surface area contributed by atoms with Gasteiger partial charge in [0.2, 0.25) is 0 Å². The summed E-state index contributed by atoms with van der Waals surface area (Å²) in [6.45, 7) is 5.61. The third-order valence-corrected chi connectivity index (χ3v) is 3.79. The van der Waals surface area contributed by atoms with Crippen molar-refractivity contribution in [1.82, 2.24) is 4.90 Å². The second kappa shape index (κ2) is 6.65. The largest absolute Gasteiger partial charge is 0.490 e. The molecule has 1 unspecified atom stereocenters. The van der Waals surface area contributed by atoms with Crippen molar-refractivity contribution in [1.29, 1.82) is 0 Å². The molecule has 1 heterocycles. The third kappa shape index (κ3) is 4.04. The lowest BCUT2D eigenvalue weighted by Gasteiger charge is -2.19. The van der Waals surface area contributed by atoms with E-state index in [0.29, 0.717) is 10.0 Å². The van der Waals surface area contributed by atoms with Crippen molar-refractivity contribution in [3.8, 4) is 5.75 Å². The van der Waals surface area contributed by atoms with Gasteiger partial charge in [-0.25, -0.2) is 0 Å². The van der Waals surface area contributed by atoms with Crippen molar-refractivity contribution >= 4 is 23.2 Å². The molecule has 18 heavy (non-hydrogen) atoms. The summed E-state index contributed by atoms with van der Waals surface area (Å²) in [6.07, 6.45) is 3.63. The van der Waals surface area contributed by atoms with Gasteiger partial charge in [0.25, 0.3) is 0 Å². The van der Waals surface area contributed by atoms with Gasteiger partial charge in [-0.2, -0.15) is 0 Å². The van der Waals surface area contributed by atoms with E-state index in [-0.39, 0.29) is 6.10 Å². The van der Waals surface area contributed by atoms with Gasteiger partial charge in [0.05, 0.1) is 6.10 Å². The van der Waals surface area contributed by atoms with Crippen molar-refractivity contribution in [2.24, 2.45) is 0 Å². The first kappa shape index (κ1) is 14.0. The normalized spacial score (nSPS) is 21.6. The van der Waals surface area contributed by atoms with Crippen LogP contribution in [0.15, 0.2) is 18.2 Å². The summed E-state index contributed by atoms with van der Waals surface area (Å²) in [5.41, 5.74) is 0. The number of halogens is 2. The molecule has 1 atom stereocenters. The average Bonchev–Trinajstić information content (AvgIpc) is 2.53. The first-order chi connectivity index (χ1) is 8.67. The van der Waals surface area contributed by atoms with Gasteiger partial charge in [0.15, 0.2) is 0 Å². The van der Waals surface area contributed by atoms with Crippen LogP contribution in [0, 0.1) is 0 Å². The minimum atomic E-state index is 0.274. The SMILES string of the molecule is CCN1CCCC(Oc2cc(Cl)cc(Cl)c2)CC1. The van der Waals surface area contributed by atoms with Gasteiger partial charge in [-0.15, -0.1) is 0 Å². The number of hydrogen-bond acceptors (Lipinski definition) is 2. The predicted molar refractivity (Wildman–Crippen MR) is 76.8 cm³/mol. The Bertz CT molecular complexity index is 377. The van der Waals surface area contributed by atoms with E-state index in [1.54, 1.807) is 6.07 Å². The number of ether oxygens (including phenoxy) is 1. The number of hydrogen-bond donors (Lipinski definition) is 0. The summed E-state index contributed by atoms with van der Waals surface area (Å²) in [5.74, 6) is 0.780. The molecule has 1 aromatic carbocycles. The highest BCUT2D eigenvalue weighted by atomic mass is 35.5. The first-order valence-corrected chi connectivity index (χ1v) is 7.28. The third-order valence-electron chi connectivity index (χ3n) is 3.35. The molecule has 1 fully saturated rings. The molecule has 2 rings (SSSR count). The Morgan fingerprint density at radius 2 is 1.89 bits per heavy atom. The number of likely N-dealkylation sites (tertiary alicyclic amines) is 1. The van der Waals surface area contributed by atoms with E-state index in [0.717, 1.165) is 31.7 Å². The molecule has 0 aliphatic carbocycles. The van der Waals surface area contributed by atoms with E-state index in [4.69, 9.17) is 27.9 Å². The average molecular weight is 288 g/mol. The van der Waals surface area contributed by atoms with Crippen molar-refractivity contribution < 1.29 is 4.74 Å². The highest BCUT2D eigenvalue weighted by Crippen LogP contribution is 2.26. The lowest BCUT2D eigenvalue weighted by atomic mass is 10.1. The molecular formula is C14H19Cl2NO. The molecule has 1 aromatic rings. The zero-order valence-electron chi connectivity index (χ0n) is 10.7. The summed E-state index contributed by atoms with van der Waals surface area (Å²) in [5, 5.41) is 1.25. The minimum absolute atomic E-state index is 0.274. The van der Waals surface area contributed by atoms with Crippen molar-refractivity contribution in [2.45, 2.75) is 32.3 Å². The fraction of sp³-hybridized carbons (Fsp3) is 0.571. The summed E-state index contributed by atoms with van der Waals surface area (Å²) in [4.78, 5) is 2.47. The van der Waals surface area contributed by atoms with E-state index in [9.17, 15) is 0 Å². The molecule has 2 nitrogen and oxygen atoms in total. The van der Waals surface area contributed by atoms with Crippen molar-refractivity contribution in [3.63, 3.8) is 0 Å². The Balaban J connectivity index is 1.96. The monoisotopic (exact) mass is 287 g/mol. The molecule has 1 saturated heterocycles. The maximum absolute atomic E-state index is 5.99. The molecule has 0 aromatic heterocycles. The molecular weight excluding hydrogens is 269 g/mol. The van der Waals surface area contributed by atoms with E-state index in [1.807, 2.05) is 12.1 Å². The van der Waals surface area contributed by atoms with Crippen molar-refractivity contribution in [3.05, 3.63) is 28.2 Å². The van der Waals surface area contributed by atoms with Crippen LogP contribution in [0.5, 0.6) is 5.75 Å². The second-order valence-corrected chi connectivity index (χ2v) is 5.58. The van der Waals surface area contributed by atoms with Gasteiger partial charge >= 0.3 is 0 Å². The van der Waals surface area contributed by atoms with Crippen LogP contribution in [0.3, 0.4) is 0 Å². The Hall–Kier alpha value is -0.440. The Labute approximate surface area is 119 Å². The molecule has 0 amide bonds. The molecule has 1 aliphatic heterocycles. The number of nitrogens with zero attached hydrogens (tertiary/aromatic N) is 1. The second-order valence-electron chi connectivity index (χ2n) is 4.71. The summed E-state index contributed by atoms with van der Waals surface area (Å²) in [6, 6.07) is 5.38. The van der Waals surface area contributed by atoms with Crippen LogP contribution in [0.25, 0.3) is 0 Å². The summed E-state index contributed by atoms with van der Waals surface area (Å²) in [7, 11) is 0. The van der Waals surface area contributed by atoms with Crippen LogP contribution in [-0.2, 0) is 0 Å². The van der Waals surface area contributed by atoms with E-state index >= 15 is 0 Å². The fourth-order valence-corrected chi connectivity index (χ4v) is 2.85. The highest BCUT2D eigenvalue weighted by Gasteiger charge is 2.17. The van der Waals surface area contributed by atoms with Crippen LogP contribution in [0.2, 0.25) is 10.0 Å². The van der Waals surface area contributed by atoms with Crippen molar-refractivity contribution in [2.75, 3.05) is 19.6 Å². The summed E-state index contributed by atoms with van der Waals surface area (Å²) >= 11 is 11.9. The molecule has 0 bridgehead atoms. The molecule has 4 heteroatoms. The van der Waals surface area contributed by atoms with Crippen LogP contribution in [-0.4, -0.2) is 30.6 Å². The maximum Gasteiger partial charge on any atom is 0.122 e. The quantitative estimate of drug-likeness (QED) is 0.824. The molecule has 100 valence electrons. The van der Waals surface area contributed by atoms with Gasteiger partial charge in [0.1, 0.15) is 5.75 Å². The Morgan fingerprint density at radius 1 is 1.17 bits per heavy atom. The van der Waals surface area contributed by atoms with E-state index < -0.39 is 0 Å². The Morgan fingerprint density at radius 3 is 2.56 bits per heavy atom. The smallest absolute Gasteiger partial charge is 0.122 e. The zero-order valence-corrected chi connectivity index (χ0v) is 12.2. The lowest BCUT2D eigenvalue weighted by molar-refractivity contribution is 0.181. The Kier molecular flexibility index (Phi) is 5.16. The van der Waals surface area contributed by atoms with Crippen LogP contribution >= 0.6 is 23.2 Å². The number of benzene rings is 1. The van der Waals surface area contributed by atoms with E-state index in [2.05, 4.69) is 11.8 Å². The maximum atomic E-state index is 5.99. The molecule has 0 N–H and O–H groups in total. The zero-order chi connectivity index (χ0) is 13.0. The highest BCUT2D eigenvalue weighted by molar-refractivity contribution is 6.34. The van der Waals surface area contributed by atoms with Crippen LogP contribution < -0.4 is 4.74 Å².